The first-order valence-electron chi connectivity index (χ1n) is 9.34. The molecule has 0 aromatic heterocycles. The lowest BCUT2D eigenvalue weighted by molar-refractivity contribution is -0.146. The number of Topliss-reactive ketones (excluding diaryl/α,β-unsaturated/α-hetero) is 1. The average Bonchev–Trinajstić information content (AvgIpc) is 2.67. The second kappa shape index (κ2) is 9.76. The van der Waals surface area contributed by atoms with Crippen LogP contribution < -0.4 is 0 Å². The van der Waals surface area contributed by atoms with Crippen molar-refractivity contribution in [2.45, 2.75) is 44.8 Å². The van der Waals surface area contributed by atoms with Crippen molar-refractivity contribution < 1.29 is 37.0 Å². The number of hydrogen-bond acceptors (Lipinski definition) is 5. The molecular formula is C20H24F3NO5. The van der Waals surface area contributed by atoms with E-state index >= 15 is 0 Å². The van der Waals surface area contributed by atoms with Gasteiger partial charge in [-0.05, 0) is 43.9 Å². The highest BCUT2D eigenvalue weighted by atomic mass is 19.4. The minimum Gasteiger partial charge on any atom is -0.466 e. The molecule has 29 heavy (non-hydrogen) atoms. The molecular weight excluding hydrogens is 391 g/mol. The van der Waals surface area contributed by atoms with Crippen molar-refractivity contribution in [1.29, 1.82) is 0 Å². The van der Waals surface area contributed by atoms with E-state index in [1.165, 1.54) is 24.1 Å². The van der Waals surface area contributed by atoms with Gasteiger partial charge in [-0.1, -0.05) is 12.1 Å². The molecule has 2 rings (SSSR count). The molecule has 2 atom stereocenters. The number of amides is 1. The Morgan fingerprint density at radius 1 is 1.17 bits per heavy atom. The molecule has 0 spiro atoms. The summed E-state index contributed by atoms with van der Waals surface area (Å²) >= 11 is 0. The highest BCUT2D eigenvalue weighted by Crippen LogP contribution is 2.31. The van der Waals surface area contributed by atoms with E-state index in [9.17, 15) is 27.6 Å². The molecule has 0 radical (unpaired) electrons. The topological polar surface area (TPSA) is 72.9 Å². The summed E-state index contributed by atoms with van der Waals surface area (Å²) in [7, 11) is 1.25. The van der Waals surface area contributed by atoms with Crippen molar-refractivity contribution in [3.8, 4) is 0 Å². The van der Waals surface area contributed by atoms with Crippen molar-refractivity contribution in [3.63, 3.8) is 0 Å². The number of halogens is 3. The molecule has 0 saturated carbocycles. The van der Waals surface area contributed by atoms with Crippen LogP contribution in [0.1, 0.15) is 37.3 Å². The predicted octanol–water partition coefficient (Wildman–Crippen LogP) is 3.62. The minimum atomic E-state index is -4.42. The summed E-state index contributed by atoms with van der Waals surface area (Å²) in [5.74, 6) is -1.28. The zero-order chi connectivity index (χ0) is 21.6. The molecule has 1 aliphatic heterocycles. The molecule has 1 saturated heterocycles. The molecule has 0 aliphatic carbocycles. The van der Waals surface area contributed by atoms with E-state index in [1.54, 1.807) is 6.92 Å². The largest absolute Gasteiger partial charge is 0.466 e. The summed E-state index contributed by atoms with van der Waals surface area (Å²) in [4.78, 5) is 37.6. The van der Waals surface area contributed by atoms with Crippen molar-refractivity contribution in [3.05, 3.63) is 35.4 Å². The fourth-order valence-electron chi connectivity index (χ4n) is 3.50. The number of alkyl halides is 3. The molecule has 160 valence electrons. The third kappa shape index (κ3) is 6.20. The van der Waals surface area contributed by atoms with Crippen LogP contribution in [0.4, 0.5) is 18.0 Å². The van der Waals surface area contributed by atoms with E-state index in [2.05, 4.69) is 0 Å². The number of benzene rings is 1. The Balaban J connectivity index is 2.12. The normalized spacial score (nSPS) is 19.6. The number of methoxy groups -OCH3 is 1. The van der Waals surface area contributed by atoms with Gasteiger partial charge in [-0.3, -0.25) is 9.59 Å². The van der Waals surface area contributed by atoms with Gasteiger partial charge in [-0.25, -0.2) is 4.79 Å². The van der Waals surface area contributed by atoms with Gasteiger partial charge in [0.1, 0.15) is 12.2 Å². The lowest BCUT2D eigenvalue weighted by atomic mass is 9.84. The maximum Gasteiger partial charge on any atom is 0.416 e. The molecule has 1 heterocycles. The number of ketones is 1. The highest BCUT2D eigenvalue weighted by Gasteiger charge is 2.36. The number of rotatable bonds is 6. The van der Waals surface area contributed by atoms with Gasteiger partial charge in [-0.15, -0.1) is 0 Å². The van der Waals surface area contributed by atoms with Crippen LogP contribution in [0.15, 0.2) is 24.3 Å². The first kappa shape index (κ1) is 22.7. The molecule has 1 amide bonds. The van der Waals surface area contributed by atoms with Crippen molar-refractivity contribution in [2.24, 2.45) is 5.92 Å². The van der Waals surface area contributed by atoms with Gasteiger partial charge in [0, 0.05) is 18.5 Å². The molecule has 1 fully saturated rings. The summed E-state index contributed by atoms with van der Waals surface area (Å²) < 4.78 is 47.8. The lowest BCUT2D eigenvalue weighted by Crippen LogP contribution is -2.48. The second-order valence-corrected chi connectivity index (χ2v) is 6.89. The lowest BCUT2D eigenvalue weighted by Gasteiger charge is -2.38. The van der Waals surface area contributed by atoms with E-state index in [0.29, 0.717) is 18.4 Å². The Hall–Kier alpha value is -2.58. The molecule has 0 unspecified atom stereocenters. The Kier molecular flexibility index (Phi) is 7.64. The zero-order valence-electron chi connectivity index (χ0n) is 16.3. The maximum absolute atomic E-state index is 12.7. The van der Waals surface area contributed by atoms with Crippen LogP contribution in [0, 0.1) is 5.92 Å². The van der Waals surface area contributed by atoms with E-state index < -0.39 is 35.8 Å². The first-order valence-corrected chi connectivity index (χ1v) is 9.34. The molecule has 1 aliphatic rings. The van der Waals surface area contributed by atoms with Crippen LogP contribution in [0.25, 0.3) is 0 Å². The highest BCUT2D eigenvalue weighted by molar-refractivity contribution is 5.96. The smallest absolute Gasteiger partial charge is 0.416 e. The van der Waals surface area contributed by atoms with Crippen LogP contribution >= 0.6 is 0 Å². The molecule has 1 aromatic carbocycles. The quantitative estimate of drug-likeness (QED) is 0.524. The molecule has 0 bridgehead atoms. The van der Waals surface area contributed by atoms with Crippen LogP contribution in [-0.4, -0.2) is 49.0 Å². The number of likely N-dealkylation sites (tertiary alicyclic amines) is 1. The van der Waals surface area contributed by atoms with Gasteiger partial charge >= 0.3 is 18.2 Å². The Morgan fingerprint density at radius 2 is 1.83 bits per heavy atom. The number of piperidine rings is 1. The molecule has 6 nitrogen and oxygen atoms in total. The maximum atomic E-state index is 12.7. The molecule has 9 heteroatoms. The molecule has 0 N–H and O–H groups in total. The van der Waals surface area contributed by atoms with Crippen molar-refractivity contribution in [1.82, 2.24) is 4.90 Å². The van der Waals surface area contributed by atoms with Crippen LogP contribution in [0.2, 0.25) is 0 Å². The standard InChI is InChI=1S/C20H24F3NO5/c1-3-29-18(26)12-17(25)14-8-9-24(19(27)28-2)16(11-14)10-13-4-6-15(7-5-13)20(21,22)23/h4-7,14,16H,3,8-12H2,1-2H3/t14-,16+/m0/s1. The van der Waals surface area contributed by atoms with Gasteiger partial charge in [0.2, 0.25) is 0 Å². The van der Waals surface area contributed by atoms with Crippen molar-refractivity contribution >= 4 is 17.8 Å². The number of carbonyl (C=O) groups excluding carboxylic acids is 3. The summed E-state index contributed by atoms with van der Waals surface area (Å²) in [6, 6.07) is 4.28. The summed E-state index contributed by atoms with van der Waals surface area (Å²) in [5, 5.41) is 0. The van der Waals surface area contributed by atoms with Crippen molar-refractivity contribution in [2.75, 3.05) is 20.3 Å². The van der Waals surface area contributed by atoms with Gasteiger partial charge < -0.3 is 14.4 Å². The SMILES string of the molecule is CCOC(=O)CC(=O)[C@H]1CCN(C(=O)OC)[C@H](Cc2ccc(C(F)(F)F)cc2)C1. The fourth-order valence-corrected chi connectivity index (χ4v) is 3.50. The Labute approximate surface area is 167 Å². The Bertz CT molecular complexity index is 733. The predicted molar refractivity (Wildman–Crippen MR) is 97.0 cm³/mol. The fraction of sp³-hybridized carbons (Fsp3) is 0.550. The third-order valence-electron chi connectivity index (χ3n) is 4.96. The van der Waals surface area contributed by atoms with Gasteiger partial charge in [0.05, 0.1) is 19.3 Å². The summed E-state index contributed by atoms with van der Waals surface area (Å²) in [6.07, 6.45) is -4.35. The molecule has 1 aromatic rings. The van der Waals surface area contributed by atoms with Crippen LogP contribution in [0.3, 0.4) is 0 Å². The average molecular weight is 415 g/mol. The number of carbonyl (C=O) groups is 3. The number of hydrogen-bond donors (Lipinski definition) is 0. The second-order valence-electron chi connectivity index (χ2n) is 6.89. The minimum absolute atomic E-state index is 0.184. The van der Waals surface area contributed by atoms with Gasteiger partial charge in [0.15, 0.2) is 0 Å². The number of nitrogens with zero attached hydrogens (tertiary/aromatic N) is 1. The van der Waals surface area contributed by atoms with Crippen LogP contribution in [0.5, 0.6) is 0 Å². The monoisotopic (exact) mass is 415 g/mol. The summed E-state index contributed by atoms with van der Waals surface area (Å²) in [5.41, 5.74) is -0.146. The number of esters is 1. The van der Waals surface area contributed by atoms with E-state index in [0.717, 1.165) is 12.1 Å². The first-order chi connectivity index (χ1) is 13.7. The van der Waals surface area contributed by atoms with Gasteiger partial charge in [0.25, 0.3) is 0 Å². The number of ether oxygens (including phenoxy) is 2. The third-order valence-corrected chi connectivity index (χ3v) is 4.96. The van der Waals surface area contributed by atoms with Gasteiger partial charge in [-0.2, -0.15) is 13.2 Å². The zero-order valence-corrected chi connectivity index (χ0v) is 16.3. The summed E-state index contributed by atoms with van der Waals surface area (Å²) in [6.45, 7) is 2.10. The van der Waals surface area contributed by atoms with Crippen LogP contribution in [-0.2, 0) is 31.7 Å². The Morgan fingerprint density at radius 3 is 2.38 bits per heavy atom. The van der Waals surface area contributed by atoms with E-state index in [1.807, 2.05) is 0 Å². The van der Waals surface area contributed by atoms with E-state index in [4.69, 9.17) is 9.47 Å². The van der Waals surface area contributed by atoms with E-state index in [-0.39, 0.29) is 31.8 Å².